The lowest BCUT2D eigenvalue weighted by atomic mass is 9.98. The third kappa shape index (κ3) is 4.67. The Hall–Kier alpha value is -2.91. The first-order valence-corrected chi connectivity index (χ1v) is 13.0. The molecule has 1 saturated heterocycles. The molecule has 0 unspecified atom stereocenters. The number of rotatable bonds is 5. The van der Waals surface area contributed by atoms with E-state index in [2.05, 4.69) is 10.6 Å². The normalized spacial score (nSPS) is 20.8. The first kappa shape index (κ1) is 24.2. The summed E-state index contributed by atoms with van der Waals surface area (Å²) in [4.78, 5) is 25.2. The first-order chi connectivity index (χ1) is 16.1. The van der Waals surface area contributed by atoms with Crippen LogP contribution in [-0.2, 0) is 19.6 Å². The molecule has 2 aromatic carbocycles. The second kappa shape index (κ2) is 9.38. The SMILES string of the molecule is CC[C@@H]1Oc2cc(S(=O)(=O)N3CCC[C@@H](C(=O)Nc4ccc(C)cc4C)C3)c(C)cc2NC1=O. The van der Waals surface area contributed by atoms with E-state index < -0.39 is 22.0 Å². The zero-order valence-electron chi connectivity index (χ0n) is 20.0. The van der Waals surface area contributed by atoms with Crippen LogP contribution in [0.3, 0.4) is 0 Å². The van der Waals surface area contributed by atoms with Crippen LogP contribution in [0.1, 0.15) is 42.9 Å². The Kier molecular flexibility index (Phi) is 6.69. The van der Waals surface area contributed by atoms with Crippen LogP contribution in [0.4, 0.5) is 11.4 Å². The number of hydrogen-bond donors (Lipinski definition) is 2. The molecule has 182 valence electrons. The maximum atomic E-state index is 13.6. The molecule has 0 aromatic heterocycles. The van der Waals surface area contributed by atoms with Crippen LogP contribution in [0.5, 0.6) is 5.75 Å². The molecule has 0 saturated carbocycles. The van der Waals surface area contributed by atoms with Gasteiger partial charge in [0.2, 0.25) is 15.9 Å². The molecule has 1 fully saturated rings. The molecule has 2 N–H and O–H groups in total. The number of carbonyl (C=O) groups excluding carboxylic acids is 2. The van der Waals surface area contributed by atoms with Crippen LogP contribution in [0.25, 0.3) is 0 Å². The van der Waals surface area contributed by atoms with Gasteiger partial charge < -0.3 is 15.4 Å². The summed E-state index contributed by atoms with van der Waals surface area (Å²) in [5.41, 5.74) is 3.80. The number of sulfonamides is 1. The summed E-state index contributed by atoms with van der Waals surface area (Å²) in [6, 6.07) is 8.92. The van der Waals surface area contributed by atoms with Gasteiger partial charge in [-0.15, -0.1) is 0 Å². The van der Waals surface area contributed by atoms with E-state index >= 15 is 0 Å². The first-order valence-electron chi connectivity index (χ1n) is 11.6. The summed E-state index contributed by atoms with van der Waals surface area (Å²) in [5, 5.41) is 5.75. The lowest BCUT2D eigenvalue weighted by Gasteiger charge is -2.32. The van der Waals surface area contributed by atoms with E-state index in [0.29, 0.717) is 42.8 Å². The van der Waals surface area contributed by atoms with Crippen molar-refractivity contribution in [2.75, 3.05) is 23.7 Å². The number of nitrogens with zero attached hydrogens (tertiary/aromatic N) is 1. The topological polar surface area (TPSA) is 105 Å². The van der Waals surface area contributed by atoms with E-state index in [0.717, 1.165) is 16.8 Å². The number of benzene rings is 2. The zero-order valence-corrected chi connectivity index (χ0v) is 20.8. The predicted octanol–water partition coefficient (Wildman–Crippen LogP) is 3.76. The Labute approximate surface area is 200 Å². The Morgan fingerprint density at radius 3 is 2.65 bits per heavy atom. The van der Waals surface area contributed by atoms with Crippen molar-refractivity contribution in [3.05, 3.63) is 47.0 Å². The summed E-state index contributed by atoms with van der Waals surface area (Å²) in [6.45, 7) is 7.92. The quantitative estimate of drug-likeness (QED) is 0.671. The Balaban J connectivity index is 1.55. The van der Waals surface area contributed by atoms with Crippen molar-refractivity contribution in [2.24, 2.45) is 5.92 Å². The minimum atomic E-state index is -3.86. The number of hydrogen-bond acceptors (Lipinski definition) is 5. The van der Waals surface area contributed by atoms with Crippen LogP contribution in [-0.4, -0.2) is 43.7 Å². The highest BCUT2D eigenvalue weighted by molar-refractivity contribution is 7.89. The second-order valence-corrected chi connectivity index (χ2v) is 11.0. The van der Waals surface area contributed by atoms with Gasteiger partial charge in [-0.2, -0.15) is 4.31 Å². The third-order valence-corrected chi connectivity index (χ3v) is 8.49. The van der Waals surface area contributed by atoms with E-state index in [4.69, 9.17) is 4.74 Å². The van der Waals surface area contributed by atoms with Crippen LogP contribution in [0, 0.1) is 26.7 Å². The molecule has 2 amide bonds. The lowest BCUT2D eigenvalue weighted by Crippen LogP contribution is -2.44. The van der Waals surface area contributed by atoms with Gasteiger partial charge in [0.1, 0.15) is 5.75 Å². The monoisotopic (exact) mass is 485 g/mol. The minimum absolute atomic E-state index is 0.116. The van der Waals surface area contributed by atoms with Crippen LogP contribution >= 0.6 is 0 Å². The number of nitrogens with one attached hydrogen (secondary N) is 2. The number of carbonyl (C=O) groups is 2. The van der Waals surface area contributed by atoms with Crippen molar-refractivity contribution < 1.29 is 22.7 Å². The Morgan fingerprint density at radius 1 is 1.18 bits per heavy atom. The van der Waals surface area contributed by atoms with Gasteiger partial charge in [0.25, 0.3) is 5.91 Å². The van der Waals surface area contributed by atoms with E-state index in [1.807, 2.05) is 39.0 Å². The third-order valence-electron chi connectivity index (χ3n) is 6.48. The predicted molar refractivity (Wildman–Crippen MR) is 131 cm³/mol. The molecule has 4 rings (SSSR count). The standard InChI is InChI=1S/C25H31N3O5S/c1-5-21-25(30)27-20-12-17(4)23(13-22(20)33-21)34(31,32)28-10-6-7-18(14-28)24(29)26-19-9-8-15(2)11-16(19)3/h8-9,11-13,18,21H,5-7,10,14H2,1-4H3,(H,26,29)(H,27,30)/t18-,21+/m1/s1. The molecular formula is C25H31N3O5S. The van der Waals surface area contributed by atoms with Crippen molar-refractivity contribution in [1.82, 2.24) is 4.31 Å². The largest absolute Gasteiger partial charge is 0.478 e. The molecule has 2 aromatic rings. The van der Waals surface area contributed by atoms with Gasteiger partial charge in [0.05, 0.1) is 16.5 Å². The molecule has 2 heterocycles. The lowest BCUT2D eigenvalue weighted by molar-refractivity contribution is -0.123. The molecule has 2 aliphatic rings. The summed E-state index contributed by atoms with van der Waals surface area (Å²) >= 11 is 0. The van der Waals surface area contributed by atoms with Gasteiger partial charge >= 0.3 is 0 Å². The van der Waals surface area contributed by atoms with Gasteiger partial charge in [0, 0.05) is 24.8 Å². The Bertz CT molecular complexity index is 1240. The number of piperidine rings is 1. The number of anilines is 2. The molecular weight excluding hydrogens is 454 g/mol. The van der Waals surface area contributed by atoms with Gasteiger partial charge in [-0.3, -0.25) is 9.59 Å². The average molecular weight is 486 g/mol. The summed E-state index contributed by atoms with van der Waals surface area (Å²) in [6.07, 6.45) is 1.04. The van der Waals surface area contributed by atoms with Crippen molar-refractivity contribution in [2.45, 2.75) is 58.0 Å². The van der Waals surface area contributed by atoms with Gasteiger partial charge in [0.15, 0.2) is 6.10 Å². The smallest absolute Gasteiger partial charge is 0.265 e. The molecule has 0 spiro atoms. The van der Waals surface area contributed by atoms with Crippen molar-refractivity contribution in [3.63, 3.8) is 0 Å². The number of aryl methyl sites for hydroxylation is 3. The minimum Gasteiger partial charge on any atom is -0.478 e. The summed E-state index contributed by atoms with van der Waals surface area (Å²) in [5.74, 6) is -0.511. The molecule has 8 nitrogen and oxygen atoms in total. The van der Waals surface area contributed by atoms with Crippen molar-refractivity contribution in [3.8, 4) is 5.75 Å². The second-order valence-electron chi connectivity index (χ2n) is 9.13. The van der Waals surface area contributed by atoms with Crippen LogP contribution in [0.15, 0.2) is 35.2 Å². The van der Waals surface area contributed by atoms with Crippen LogP contribution in [0.2, 0.25) is 0 Å². The molecule has 0 bridgehead atoms. The fourth-order valence-corrected chi connectivity index (χ4v) is 6.28. The highest BCUT2D eigenvalue weighted by Gasteiger charge is 2.36. The van der Waals surface area contributed by atoms with E-state index in [-0.39, 0.29) is 23.3 Å². The fourth-order valence-electron chi connectivity index (χ4n) is 4.53. The maximum absolute atomic E-state index is 13.6. The molecule has 2 atom stereocenters. The fraction of sp³-hybridized carbons (Fsp3) is 0.440. The number of fused-ring (bicyclic) bond motifs is 1. The molecule has 2 aliphatic heterocycles. The summed E-state index contributed by atoms with van der Waals surface area (Å²) < 4.78 is 34.3. The van der Waals surface area contributed by atoms with Crippen molar-refractivity contribution >= 4 is 33.2 Å². The molecule has 9 heteroatoms. The van der Waals surface area contributed by atoms with Gasteiger partial charge in [-0.25, -0.2) is 8.42 Å². The molecule has 34 heavy (non-hydrogen) atoms. The highest BCUT2D eigenvalue weighted by atomic mass is 32.2. The van der Waals surface area contributed by atoms with Gasteiger partial charge in [-0.1, -0.05) is 24.6 Å². The Morgan fingerprint density at radius 2 is 1.94 bits per heavy atom. The maximum Gasteiger partial charge on any atom is 0.265 e. The zero-order chi connectivity index (χ0) is 24.6. The van der Waals surface area contributed by atoms with E-state index in [1.54, 1.807) is 13.0 Å². The average Bonchev–Trinajstić information content (AvgIpc) is 2.80. The number of ether oxygens (including phenoxy) is 1. The van der Waals surface area contributed by atoms with Gasteiger partial charge in [-0.05, 0) is 63.3 Å². The van der Waals surface area contributed by atoms with Crippen LogP contribution < -0.4 is 15.4 Å². The molecule has 0 aliphatic carbocycles. The summed E-state index contributed by atoms with van der Waals surface area (Å²) in [7, 11) is -3.86. The van der Waals surface area contributed by atoms with E-state index in [1.165, 1.54) is 10.4 Å². The molecule has 0 radical (unpaired) electrons. The highest BCUT2D eigenvalue weighted by Crippen LogP contribution is 2.36. The number of amides is 2. The van der Waals surface area contributed by atoms with E-state index in [9.17, 15) is 18.0 Å². The van der Waals surface area contributed by atoms with Crippen molar-refractivity contribution in [1.29, 1.82) is 0 Å².